The summed E-state index contributed by atoms with van der Waals surface area (Å²) in [7, 11) is 1.54. The van der Waals surface area contributed by atoms with Crippen LogP contribution in [0.25, 0.3) is 6.08 Å². The van der Waals surface area contributed by atoms with Gasteiger partial charge in [0.05, 0.1) is 39.2 Å². The van der Waals surface area contributed by atoms with Crippen molar-refractivity contribution in [2.45, 2.75) is 46.4 Å². The van der Waals surface area contributed by atoms with Gasteiger partial charge in [0.15, 0.2) is 16.3 Å². The number of aromatic nitrogens is 1. The Morgan fingerprint density at radius 1 is 1.13 bits per heavy atom. The lowest BCUT2D eigenvalue weighted by Crippen LogP contribution is -2.40. The number of para-hydroxylation sites is 1. The van der Waals surface area contributed by atoms with Crippen molar-refractivity contribution < 1.29 is 28.1 Å². The molecule has 0 N–H and O–H groups in total. The number of nitrogens with zero attached hydrogens (tertiary/aromatic N) is 2. The van der Waals surface area contributed by atoms with Crippen molar-refractivity contribution in [1.82, 2.24) is 4.57 Å². The second-order valence-electron chi connectivity index (χ2n) is 10.5. The number of benzene rings is 3. The number of esters is 1. The molecule has 0 aliphatic carbocycles. The summed E-state index contributed by atoms with van der Waals surface area (Å²) < 4.78 is 39.5. The summed E-state index contributed by atoms with van der Waals surface area (Å²) in [5.74, 6) is 0.673. The third kappa shape index (κ3) is 6.99. The van der Waals surface area contributed by atoms with E-state index in [1.54, 1.807) is 38.1 Å². The van der Waals surface area contributed by atoms with Gasteiger partial charge in [-0.25, -0.2) is 14.2 Å². The largest absolute Gasteiger partial charge is 0.493 e. The summed E-state index contributed by atoms with van der Waals surface area (Å²) in [6.45, 7) is 7.66. The summed E-state index contributed by atoms with van der Waals surface area (Å²) in [5, 5.41) is 0. The first-order valence-corrected chi connectivity index (χ1v) is 16.2. The van der Waals surface area contributed by atoms with Crippen LogP contribution in [0.4, 0.5) is 4.39 Å². The lowest BCUT2D eigenvalue weighted by Gasteiger charge is -2.26. The van der Waals surface area contributed by atoms with Crippen molar-refractivity contribution in [1.29, 1.82) is 0 Å². The van der Waals surface area contributed by atoms with E-state index >= 15 is 0 Å². The number of allylic oxidation sites excluding steroid dienone is 1. The maximum atomic E-state index is 14.1. The molecule has 3 aromatic carbocycles. The Hall–Kier alpha value is -3.97. The number of methoxy groups -OCH3 is 1. The van der Waals surface area contributed by atoms with Gasteiger partial charge in [-0.3, -0.25) is 9.36 Å². The summed E-state index contributed by atoms with van der Waals surface area (Å²) in [6.07, 6.45) is 1.64. The molecule has 1 aromatic heterocycles. The van der Waals surface area contributed by atoms with Crippen LogP contribution < -0.4 is 29.1 Å². The fourth-order valence-electron chi connectivity index (χ4n) is 5.05. The topological polar surface area (TPSA) is 88.4 Å². The minimum absolute atomic E-state index is 0.128. The predicted octanol–water partition coefficient (Wildman–Crippen LogP) is 5.92. The molecule has 2 heterocycles. The number of thiazole rings is 1. The third-order valence-electron chi connectivity index (χ3n) is 6.92. The fourth-order valence-corrected chi connectivity index (χ4v) is 6.88. The molecule has 4 aromatic rings. The summed E-state index contributed by atoms with van der Waals surface area (Å²) >= 11 is 3.38. The van der Waals surface area contributed by atoms with Crippen molar-refractivity contribution in [2.24, 2.45) is 4.99 Å². The SMILES string of the molecule is CCOC(=O)C1=C(C)N=c2s/c(=C/c3cc(I)c(OCc4cccc(F)c4)c(OC)c3)c(=O)n2[C@H]1c1ccccc1OC(C)C. The normalized spacial score (nSPS) is 14.7. The van der Waals surface area contributed by atoms with Crippen LogP contribution in [-0.2, 0) is 16.1 Å². The maximum Gasteiger partial charge on any atom is 0.338 e. The molecule has 0 radical (unpaired) electrons. The predicted molar refractivity (Wildman–Crippen MR) is 179 cm³/mol. The van der Waals surface area contributed by atoms with Crippen molar-refractivity contribution in [3.63, 3.8) is 0 Å². The average Bonchev–Trinajstić information content (AvgIpc) is 3.29. The minimum Gasteiger partial charge on any atom is -0.493 e. The van der Waals surface area contributed by atoms with Crippen LogP contribution in [0.15, 0.2) is 81.7 Å². The van der Waals surface area contributed by atoms with Crippen LogP contribution in [0.3, 0.4) is 0 Å². The molecule has 0 spiro atoms. The zero-order chi connectivity index (χ0) is 32.2. The number of hydrogen-bond donors (Lipinski definition) is 0. The van der Waals surface area contributed by atoms with Crippen LogP contribution in [-0.4, -0.2) is 30.4 Å². The van der Waals surface area contributed by atoms with E-state index in [1.807, 2.05) is 44.2 Å². The van der Waals surface area contributed by atoms with E-state index in [0.717, 1.165) is 3.57 Å². The first-order chi connectivity index (χ1) is 21.6. The number of halogens is 2. The summed E-state index contributed by atoms with van der Waals surface area (Å²) in [5.41, 5.74) is 2.50. The smallest absolute Gasteiger partial charge is 0.338 e. The van der Waals surface area contributed by atoms with Crippen molar-refractivity contribution in [3.05, 3.63) is 118 Å². The number of carbonyl (C=O) groups excluding carboxylic acids is 1. The van der Waals surface area contributed by atoms with E-state index < -0.39 is 12.0 Å². The van der Waals surface area contributed by atoms with E-state index in [-0.39, 0.29) is 36.3 Å². The molecule has 1 aliphatic rings. The highest BCUT2D eigenvalue weighted by molar-refractivity contribution is 14.1. The molecule has 0 bridgehead atoms. The number of fused-ring (bicyclic) bond motifs is 1. The maximum absolute atomic E-state index is 14.1. The zero-order valence-electron chi connectivity index (χ0n) is 25.4. The first kappa shape index (κ1) is 32.4. The van der Waals surface area contributed by atoms with Gasteiger partial charge in [-0.15, -0.1) is 0 Å². The lowest BCUT2D eigenvalue weighted by atomic mass is 9.95. The highest BCUT2D eigenvalue weighted by Crippen LogP contribution is 2.37. The Bertz CT molecular complexity index is 1970. The molecule has 0 saturated carbocycles. The summed E-state index contributed by atoms with van der Waals surface area (Å²) in [4.78, 5) is 32.6. The number of carbonyl (C=O) groups is 1. The van der Waals surface area contributed by atoms with Gasteiger partial charge in [-0.2, -0.15) is 0 Å². The molecular weight excluding hydrogens is 710 g/mol. The Balaban J connectivity index is 1.60. The van der Waals surface area contributed by atoms with Gasteiger partial charge in [-0.1, -0.05) is 41.7 Å². The van der Waals surface area contributed by atoms with E-state index in [0.29, 0.717) is 49.0 Å². The molecule has 234 valence electrons. The van der Waals surface area contributed by atoms with Crippen molar-refractivity contribution in [3.8, 4) is 17.2 Å². The van der Waals surface area contributed by atoms with Crippen LogP contribution >= 0.6 is 33.9 Å². The molecule has 1 aliphatic heterocycles. The summed E-state index contributed by atoms with van der Waals surface area (Å²) in [6, 6.07) is 16.5. The van der Waals surface area contributed by atoms with Crippen LogP contribution in [0.1, 0.15) is 50.4 Å². The molecule has 45 heavy (non-hydrogen) atoms. The highest BCUT2D eigenvalue weighted by atomic mass is 127. The first-order valence-electron chi connectivity index (χ1n) is 14.3. The van der Waals surface area contributed by atoms with Crippen LogP contribution in [0.5, 0.6) is 17.2 Å². The third-order valence-corrected chi connectivity index (χ3v) is 8.70. The monoisotopic (exact) mass is 742 g/mol. The van der Waals surface area contributed by atoms with Gasteiger partial charge in [0, 0.05) is 5.56 Å². The Kier molecular flexibility index (Phi) is 10.1. The van der Waals surface area contributed by atoms with E-state index in [2.05, 4.69) is 27.6 Å². The van der Waals surface area contributed by atoms with Crippen LogP contribution in [0.2, 0.25) is 0 Å². The van der Waals surface area contributed by atoms with E-state index in [9.17, 15) is 14.0 Å². The standard InChI is InChI=1S/C34H32FIN2O6S/c1-6-42-33(40)29-20(4)37-34-38(30(29)24-12-7-8-13-26(24)44-19(2)3)32(39)28(45-34)17-22-15-25(36)31(27(16-22)41-5)43-18-21-10-9-11-23(35)14-21/h7-17,19,30H,6,18H2,1-5H3/b28-17+/t30-/m0/s1. The van der Waals surface area contributed by atoms with Crippen LogP contribution in [0, 0.1) is 9.39 Å². The molecule has 0 fully saturated rings. The second-order valence-corrected chi connectivity index (χ2v) is 12.6. The van der Waals surface area contributed by atoms with E-state index in [1.165, 1.54) is 35.1 Å². The number of hydrogen-bond acceptors (Lipinski definition) is 8. The quantitative estimate of drug-likeness (QED) is 0.148. The number of rotatable bonds is 10. The molecule has 0 amide bonds. The fraction of sp³-hybridized carbons (Fsp3) is 0.265. The highest BCUT2D eigenvalue weighted by Gasteiger charge is 2.35. The Morgan fingerprint density at radius 3 is 2.62 bits per heavy atom. The molecule has 5 rings (SSSR count). The van der Waals surface area contributed by atoms with Gasteiger partial charge in [0.25, 0.3) is 5.56 Å². The van der Waals surface area contributed by atoms with Crippen molar-refractivity contribution in [2.75, 3.05) is 13.7 Å². The number of ether oxygens (including phenoxy) is 4. The molecule has 8 nitrogen and oxygen atoms in total. The molecule has 0 saturated heterocycles. The molecular formula is C34H32FIN2O6S. The molecule has 11 heteroatoms. The van der Waals surface area contributed by atoms with Gasteiger partial charge < -0.3 is 18.9 Å². The lowest BCUT2D eigenvalue weighted by molar-refractivity contribution is -0.139. The minimum atomic E-state index is -0.800. The average molecular weight is 743 g/mol. The molecule has 0 unspecified atom stereocenters. The van der Waals surface area contributed by atoms with Gasteiger partial charge in [0.1, 0.15) is 24.2 Å². The Morgan fingerprint density at radius 2 is 1.91 bits per heavy atom. The second kappa shape index (κ2) is 14.0. The Labute approximate surface area is 277 Å². The van der Waals surface area contributed by atoms with Gasteiger partial charge >= 0.3 is 5.97 Å². The van der Waals surface area contributed by atoms with Gasteiger partial charge in [-0.05, 0) is 97.8 Å². The van der Waals surface area contributed by atoms with Crippen molar-refractivity contribution >= 4 is 46.0 Å². The molecule has 1 atom stereocenters. The zero-order valence-corrected chi connectivity index (χ0v) is 28.4. The van der Waals surface area contributed by atoms with Gasteiger partial charge in [0.2, 0.25) is 0 Å². The van der Waals surface area contributed by atoms with E-state index in [4.69, 9.17) is 18.9 Å².